The van der Waals surface area contributed by atoms with E-state index in [2.05, 4.69) is 5.16 Å². The molecule has 4 heteroatoms. The Hall–Kier alpha value is -1.32. The SMILES string of the molecule is CCCc1conc1C(=O)OCC. The molecule has 1 aromatic heterocycles. The standard InChI is InChI=1S/C9H13NO3/c1-3-5-7-6-13-10-8(7)9(11)12-4-2/h6H,3-5H2,1-2H3. The summed E-state index contributed by atoms with van der Waals surface area (Å²) in [6.45, 7) is 4.15. The molecule has 0 saturated heterocycles. The maximum atomic E-state index is 11.3. The average molecular weight is 183 g/mol. The fourth-order valence-electron chi connectivity index (χ4n) is 1.07. The van der Waals surface area contributed by atoms with Crippen LogP contribution in [0, 0.1) is 0 Å². The van der Waals surface area contributed by atoms with Crippen LogP contribution >= 0.6 is 0 Å². The van der Waals surface area contributed by atoms with Crippen molar-refractivity contribution in [1.82, 2.24) is 5.16 Å². The van der Waals surface area contributed by atoms with Crippen molar-refractivity contribution in [2.45, 2.75) is 26.7 Å². The van der Waals surface area contributed by atoms with Gasteiger partial charge in [0.1, 0.15) is 6.26 Å². The lowest BCUT2D eigenvalue weighted by Crippen LogP contribution is -2.07. The highest BCUT2D eigenvalue weighted by Crippen LogP contribution is 2.10. The molecule has 1 heterocycles. The largest absolute Gasteiger partial charge is 0.461 e. The number of hydrogen-bond acceptors (Lipinski definition) is 4. The molecule has 0 unspecified atom stereocenters. The van der Waals surface area contributed by atoms with E-state index < -0.39 is 5.97 Å². The van der Waals surface area contributed by atoms with E-state index in [0.29, 0.717) is 12.3 Å². The van der Waals surface area contributed by atoms with Crippen LogP contribution in [0.5, 0.6) is 0 Å². The fraction of sp³-hybridized carbons (Fsp3) is 0.556. The number of hydrogen-bond donors (Lipinski definition) is 0. The molecule has 13 heavy (non-hydrogen) atoms. The van der Waals surface area contributed by atoms with E-state index in [1.165, 1.54) is 6.26 Å². The van der Waals surface area contributed by atoms with Crippen molar-refractivity contribution in [2.24, 2.45) is 0 Å². The number of carbonyl (C=O) groups excluding carboxylic acids is 1. The Bertz CT molecular complexity index is 280. The van der Waals surface area contributed by atoms with Gasteiger partial charge in [-0.15, -0.1) is 0 Å². The molecular weight excluding hydrogens is 170 g/mol. The quantitative estimate of drug-likeness (QED) is 0.668. The highest BCUT2D eigenvalue weighted by molar-refractivity contribution is 5.88. The molecule has 1 rings (SSSR count). The van der Waals surface area contributed by atoms with Gasteiger partial charge in [0.15, 0.2) is 5.69 Å². The molecule has 0 aliphatic carbocycles. The maximum absolute atomic E-state index is 11.3. The summed E-state index contributed by atoms with van der Waals surface area (Å²) in [6, 6.07) is 0. The second kappa shape index (κ2) is 4.64. The molecule has 0 radical (unpaired) electrons. The molecule has 1 aromatic rings. The van der Waals surface area contributed by atoms with Gasteiger partial charge in [0.05, 0.1) is 6.61 Å². The summed E-state index contributed by atoms with van der Waals surface area (Å²) in [5.41, 5.74) is 1.13. The zero-order valence-electron chi connectivity index (χ0n) is 7.87. The molecule has 0 aliphatic heterocycles. The van der Waals surface area contributed by atoms with Crippen LogP contribution in [0.2, 0.25) is 0 Å². The predicted octanol–water partition coefficient (Wildman–Crippen LogP) is 1.80. The normalized spacial score (nSPS) is 10.0. The van der Waals surface area contributed by atoms with Gasteiger partial charge in [-0.25, -0.2) is 4.79 Å². The van der Waals surface area contributed by atoms with E-state index in [1.54, 1.807) is 6.92 Å². The van der Waals surface area contributed by atoms with E-state index in [4.69, 9.17) is 9.26 Å². The van der Waals surface area contributed by atoms with Crippen molar-refractivity contribution >= 4 is 5.97 Å². The average Bonchev–Trinajstić information content (AvgIpc) is 2.54. The number of aryl methyl sites for hydroxylation is 1. The Balaban J connectivity index is 2.74. The molecule has 72 valence electrons. The molecule has 0 atom stereocenters. The summed E-state index contributed by atoms with van der Waals surface area (Å²) in [5.74, 6) is -0.403. The molecule has 0 amide bonds. The number of carbonyl (C=O) groups is 1. The minimum atomic E-state index is -0.403. The molecule has 0 aliphatic rings. The third-order valence-electron chi connectivity index (χ3n) is 1.63. The van der Waals surface area contributed by atoms with Gasteiger partial charge in [-0.05, 0) is 13.3 Å². The molecule has 0 aromatic carbocycles. The maximum Gasteiger partial charge on any atom is 0.360 e. The van der Waals surface area contributed by atoms with E-state index in [-0.39, 0.29) is 0 Å². The second-order valence-corrected chi connectivity index (χ2v) is 2.66. The molecule has 0 spiro atoms. The van der Waals surface area contributed by atoms with Gasteiger partial charge in [0.2, 0.25) is 0 Å². The minimum absolute atomic E-state index is 0.309. The van der Waals surface area contributed by atoms with Crippen LogP contribution in [0.15, 0.2) is 10.8 Å². The van der Waals surface area contributed by atoms with E-state index in [0.717, 1.165) is 18.4 Å². The van der Waals surface area contributed by atoms with Crippen LogP contribution in [-0.2, 0) is 11.2 Å². The van der Waals surface area contributed by atoms with Gasteiger partial charge in [-0.1, -0.05) is 18.5 Å². The summed E-state index contributed by atoms with van der Waals surface area (Å²) in [7, 11) is 0. The fourth-order valence-corrected chi connectivity index (χ4v) is 1.07. The van der Waals surface area contributed by atoms with Crippen molar-refractivity contribution in [1.29, 1.82) is 0 Å². The smallest absolute Gasteiger partial charge is 0.360 e. The van der Waals surface area contributed by atoms with E-state index in [9.17, 15) is 4.79 Å². The van der Waals surface area contributed by atoms with Crippen LogP contribution in [0.25, 0.3) is 0 Å². The van der Waals surface area contributed by atoms with Gasteiger partial charge in [0, 0.05) is 5.56 Å². The molecule has 0 N–H and O–H groups in total. The first kappa shape index (κ1) is 9.77. The van der Waals surface area contributed by atoms with Gasteiger partial charge >= 0.3 is 5.97 Å². The third kappa shape index (κ3) is 2.31. The lowest BCUT2D eigenvalue weighted by Gasteiger charge is -1.98. The summed E-state index contributed by atoms with van der Waals surface area (Å²) in [5, 5.41) is 3.60. The van der Waals surface area contributed by atoms with Gasteiger partial charge < -0.3 is 9.26 Å². The first-order valence-corrected chi connectivity index (χ1v) is 4.40. The van der Waals surface area contributed by atoms with Gasteiger partial charge in [-0.2, -0.15) is 0 Å². The van der Waals surface area contributed by atoms with Crippen LogP contribution in [-0.4, -0.2) is 17.7 Å². The molecule has 0 saturated carbocycles. The van der Waals surface area contributed by atoms with Crippen molar-refractivity contribution in [3.63, 3.8) is 0 Å². The summed E-state index contributed by atoms with van der Waals surface area (Å²) < 4.78 is 9.53. The first-order chi connectivity index (χ1) is 6.29. The summed E-state index contributed by atoms with van der Waals surface area (Å²) in [6.07, 6.45) is 3.24. The second-order valence-electron chi connectivity index (χ2n) is 2.66. The van der Waals surface area contributed by atoms with Crippen molar-refractivity contribution in [3.05, 3.63) is 17.5 Å². The van der Waals surface area contributed by atoms with Crippen LogP contribution < -0.4 is 0 Å². The van der Waals surface area contributed by atoms with E-state index >= 15 is 0 Å². The highest BCUT2D eigenvalue weighted by atomic mass is 16.5. The van der Waals surface area contributed by atoms with Crippen LogP contribution in [0.1, 0.15) is 36.3 Å². The number of aromatic nitrogens is 1. The number of ether oxygens (including phenoxy) is 1. The summed E-state index contributed by atoms with van der Waals surface area (Å²) in [4.78, 5) is 11.3. The zero-order valence-corrected chi connectivity index (χ0v) is 7.87. The summed E-state index contributed by atoms with van der Waals surface area (Å²) >= 11 is 0. The Morgan fingerprint density at radius 1 is 1.62 bits per heavy atom. The minimum Gasteiger partial charge on any atom is -0.461 e. The Morgan fingerprint density at radius 2 is 2.38 bits per heavy atom. The van der Waals surface area contributed by atoms with Crippen LogP contribution in [0.3, 0.4) is 0 Å². The topological polar surface area (TPSA) is 52.3 Å². The Labute approximate surface area is 76.9 Å². The number of esters is 1. The molecular formula is C9H13NO3. The lowest BCUT2D eigenvalue weighted by molar-refractivity contribution is 0.0513. The monoisotopic (exact) mass is 183 g/mol. The Kier molecular flexibility index (Phi) is 3.49. The van der Waals surface area contributed by atoms with Crippen molar-refractivity contribution in [3.8, 4) is 0 Å². The zero-order chi connectivity index (χ0) is 9.68. The third-order valence-corrected chi connectivity index (χ3v) is 1.63. The number of nitrogens with zero attached hydrogens (tertiary/aromatic N) is 1. The molecule has 0 fully saturated rings. The highest BCUT2D eigenvalue weighted by Gasteiger charge is 2.16. The molecule has 4 nitrogen and oxygen atoms in total. The lowest BCUT2D eigenvalue weighted by atomic mass is 10.1. The molecule has 0 bridgehead atoms. The van der Waals surface area contributed by atoms with Gasteiger partial charge in [-0.3, -0.25) is 0 Å². The van der Waals surface area contributed by atoms with Crippen LogP contribution in [0.4, 0.5) is 0 Å². The predicted molar refractivity (Wildman–Crippen MR) is 46.5 cm³/mol. The first-order valence-electron chi connectivity index (χ1n) is 4.40. The van der Waals surface area contributed by atoms with Crippen molar-refractivity contribution in [2.75, 3.05) is 6.61 Å². The Morgan fingerprint density at radius 3 is 3.00 bits per heavy atom. The van der Waals surface area contributed by atoms with Gasteiger partial charge in [0.25, 0.3) is 0 Å². The number of rotatable bonds is 4. The van der Waals surface area contributed by atoms with E-state index in [1.807, 2.05) is 6.92 Å². The van der Waals surface area contributed by atoms with Crippen molar-refractivity contribution < 1.29 is 14.1 Å².